The maximum absolute atomic E-state index is 12.1. The second kappa shape index (κ2) is 9.44. The standard InChI is InChI=1S/C19H23N3O3/c1-14-9-10-16(17(12-14)22-19(24)13-20)21-18(23)8-5-11-25-15-6-3-2-4-7-15/h2-4,6-7,9-10,12H,5,8,11,13,20H2,1H3,(H,21,23)(H,22,24). The number of rotatable bonds is 8. The number of nitrogens with two attached hydrogens (primary N) is 1. The average molecular weight is 341 g/mol. The Balaban J connectivity index is 1.84. The van der Waals surface area contributed by atoms with Crippen LogP contribution in [0.1, 0.15) is 18.4 Å². The second-order valence-electron chi connectivity index (χ2n) is 5.61. The van der Waals surface area contributed by atoms with Crippen LogP contribution in [0.5, 0.6) is 5.75 Å². The first-order valence-electron chi connectivity index (χ1n) is 8.17. The Morgan fingerprint density at radius 3 is 2.44 bits per heavy atom. The van der Waals surface area contributed by atoms with E-state index in [0.29, 0.717) is 30.8 Å². The molecule has 0 bridgehead atoms. The van der Waals surface area contributed by atoms with Crippen molar-refractivity contribution in [1.82, 2.24) is 0 Å². The van der Waals surface area contributed by atoms with E-state index in [9.17, 15) is 9.59 Å². The van der Waals surface area contributed by atoms with E-state index in [4.69, 9.17) is 10.5 Å². The summed E-state index contributed by atoms with van der Waals surface area (Å²) in [5.41, 5.74) is 7.40. The van der Waals surface area contributed by atoms with E-state index in [2.05, 4.69) is 10.6 Å². The number of anilines is 2. The molecule has 4 N–H and O–H groups in total. The number of aryl methyl sites for hydroxylation is 1. The van der Waals surface area contributed by atoms with Gasteiger partial charge in [0.25, 0.3) is 0 Å². The van der Waals surface area contributed by atoms with Crippen LogP contribution in [0, 0.1) is 6.92 Å². The van der Waals surface area contributed by atoms with E-state index in [1.54, 1.807) is 12.1 Å². The molecule has 0 spiro atoms. The summed E-state index contributed by atoms with van der Waals surface area (Å²) < 4.78 is 5.56. The highest BCUT2D eigenvalue weighted by molar-refractivity contribution is 6.00. The van der Waals surface area contributed by atoms with E-state index in [1.807, 2.05) is 43.3 Å². The molecule has 0 aliphatic rings. The Bertz CT molecular complexity index is 717. The number of nitrogens with one attached hydrogen (secondary N) is 2. The number of amides is 2. The largest absolute Gasteiger partial charge is 0.494 e. The van der Waals surface area contributed by atoms with Crippen molar-refractivity contribution in [2.24, 2.45) is 5.73 Å². The minimum absolute atomic E-state index is 0.113. The second-order valence-corrected chi connectivity index (χ2v) is 5.61. The topological polar surface area (TPSA) is 93.5 Å². The quantitative estimate of drug-likeness (QED) is 0.644. The van der Waals surface area contributed by atoms with Crippen molar-refractivity contribution >= 4 is 23.2 Å². The van der Waals surface area contributed by atoms with Gasteiger partial charge in [-0.15, -0.1) is 0 Å². The van der Waals surface area contributed by atoms with Crippen LogP contribution in [0.3, 0.4) is 0 Å². The van der Waals surface area contributed by atoms with Crippen molar-refractivity contribution in [3.63, 3.8) is 0 Å². The summed E-state index contributed by atoms with van der Waals surface area (Å²) in [6, 6.07) is 14.9. The molecular formula is C19H23N3O3. The van der Waals surface area contributed by atoms with Crippen molar-refractivity contribution in [3.8, 4) is 5.75 Å². The molecule has 6 nitrogen and oxygen atoms in total. The normalized spacial score (nSPS) is 10.2. The molecule has 0 saturated heterocycles. The molecular weight excluding hydrogens is 318 g/mol. The molecule has 0 unspecified atom stereocenters. The molecule has 2 rings (SSSR count). The van der Waals surface area contributed by atoms with E-state index in [0.717, 1.165) is 11.3 Å². The fourth-order valence-electron chi connectivity index (χ4n) is 2.22. The summed E-state index contributed by atoms with van der Waals surface area (Å²) in [6.07, 6.45) is 0.919. The van der Waals surface area contributed by atoms with Gasteiger partial charge in [-0.3, -0.25) is 9.59 Å². The number of benzene rings is 2. The van der Waals surface area contributed by atoms with E-state index in [-0.39, 0.29) is 18.4 Å². The molecule has 25 heavy (non-hydrogen) atoms. The van der Waals surface area contributed by atoms with Gasteiger partial charge < -0.3 is 21.1 Å². The third-order valence-corrected chi connectivity index (χ3v) is 3.47. The zero-order valence-electron chi connectivity index (χ0n) is 14.2. The summed E-state index contributed by atoms with van der Waals surface area (Å²) in [4.78, 5) is 23.6. The number of carbonyl (C=O) groups excluding carboxylic acids is 2. The lowest BCUT2D eigenvalue weighted by molar-refractivity contribution is -0.116. The predicted octanol–water partition coefficient (Wildman–Crippen LogP) is 2.69. The van der Waals surface area contributed by atoms with Gasteiger partial charge in [0, 0.05) is 6.42 Å². The monoisotopic (exact) mass is 341 g/mol. The molecule has 2 aromatic carbocycles. The molecule has 6 heteroatoms. The summed E-state index contributed by atoms with van der Waals surface area (Å²) in [5, 5.41) is 5.51. The van der Waals surface area contributed by atoms with Crippen LogP contribution in [0.4, 0.5) is 11.4 Å². The molecule has 0 aliphatic carbocycles. The van der Waals surface area contributed by atoms with Crippen LogP contribution >= 0.6 is 0 Å². The molecule has 132 valence electrons. The fraction of sp³-hybridized carbons (Fsp3) is 0.263. The lowest BCUT2D eigenvalue weighted by atomic mass is 10.1. The molecule has 0 heterocycles. The highest BCUT2D eigenvalue weighted by atomic mass is 16.5. The van der Waals surface area contributed by atoms with Crippen molar-refractivity contribution in [3.05, 3.63) is 54.1 Å². The molecule has 0 aromatic heterocycles. The Labute approximate surface area is 147 Å². The van der Waals surface area contributed by atoms with Crippen molar-refractivity contribution in [2.45, 2.75) is 19.8 Å². The van der Waals surface area contributed by atoms with Gasteiger partial charge >= 0.3 is 0 Å². The van der Waals surface area contributed by atoms with Gasteiger partial charge in [-0.2, -0.15) is 0 Å². The number of hydrogen-bond acceptors (Lipinski definition) is 4. The van der Waals surface area contributed by atoms with E-state index in [1.165, 1.54) is 0 Å². The Morgan fingerprint density at radius 1 is 1.00 bits per heavy atom. The maximum Gasteiger partial charge on any atom is 0.238 e. The minimum Gasteiger partial charge on any atom is -0.494 e. The van der Waals surface area contributed by atoms with Gasteiger partial charge in [0.1, 0.15) is 5.75 Å². The van der Waals surface area contributed by atoms with Gasteiger partial charge in [0.05, 0.1) is 24.5 Å². The lowest BCUT2D eigenvalue weighted by Crippen LogP contribution is -2.23. The fourth-order valence-corrected chi connectivity index (χ4v) is 2.22. The molecule has 2 amide bonds. The Kier molecular flexibility index (Phi) is 6.98. The first-order valence-corrected chi connectivity index (χ1v) is 8.17. The van der Waals surface area contributed by atoms with Crippen molar-refractivity contribution in [1.29, 1.82) is 0 Å². The average Bonchev–Trinajstić information content (AvgIpc) is 2.62. The van der Waals surface area contributed by atoms with Crippen LogP contribution in [0.25, 0.3) is 0 Å². The molecule has 0 saturated carbocycles. The van der Waals surface area contributed by atoms with Gasteiger partial charge in [-0.05, 0) is 43.2 Å². The highest BCUT2D eigenvalue weighted by Gasteiger charge is 2.09. The number of carbonyl (C=O) groups is 2. The predicted molar refractivity (Wildman–Crippen MR) is 98.7 cm³/mol. The zero-order chi connectivity index (χ0) is 18.1. The first-order chi connectivity index (χ1) is 12.1. The number of hydrogen-bond donors (Lipinski definition) is 3. The van der Waals surface area contributed by atoms with Crippen LogP contribution in [-0.2, 0) is 9.59 Å². The van der Waals surface area contributed by atoms with Crippen molar-refractivity contribution < 1.29 is 14.3 Å². The first kappa shape index (κ1) is 18.5. The molecule has 0 aliphatic heterocycles. The van der Waals surface area contributed by atoms with Gasteiger partial charge in [0.2, 0.25) is 11.8 Å². The smallest absolute Gasteiger partial charge is 0.238 e. The molecule has 0 radical (unpaired) electrons. The van der Waals surface area contributed by atoms with E-state index < -0.39 is 0 Å². The van der Waals surface area contributed by atoms with Gasteiger partial charge in [-0.1, -0.05) is 24.3 Å². The number of para-hydroxylation sites is 1. The highest BCUT2D eigenvalue weighted by Crippen LogP contribution is 2.23. The molecule has 2 aromatic rings. The molecule has 0 atom stereocenters. The zero-order valence-corrected chi connectivity index (χ0v) is 14.2. The minimum atomic E-state index is -0.308. The SMILES string of the molecule is Cc1ccc(NC(=O)CCCOc2ccccc2)c(NC(=O)CN)c1. The third-order valence-electron chi connectivity index (χ3n) is 3.47. The Morgan fingerprint density at radius 2 is 1.72 bits per heavy atom. The summed E-state index contributed by atoms with van der Waals surface area (Å²) in [6.45, 7) is 2.25. The van der Waals surface area contributed by atoms with Gasteiger partial charge in [-0.25, -0.2) is 0 Å². The number of ether oxygens (including phenoxy) is 1. The Hall–Kier alpha value is -2.86. The van der Waals surface area contributed by atoms with Crippen molar-refractivity contribution in [2.75, 3.05) is 23.8 Å². The lowest BCUT2D eigenvalue weighted by Gasteiger charge is -2.13. The van der Waals surface area contributed by atoms with Crippen LogP contribution in [0.2, 0.25) is 0 Å². The summed E-state index contributed by atoms with van der Waals surface area (Å²) in [7, 11) is 0. The third kappa shape index (κ3) is 6.27. The maximum atomic E-state index is 12.1. The van der Waals surface area contributed by atoms with Crippen LogP contribution in [-0.4, -0.2) is 25.0 Å². The summed E-state index contributed by atoms with van der Waals surface area (Å²) in [5.74, 6) is 0.342. The van der Waals surface area contributed by atoms with Crippen LogP contribution in [0.15, 0.2) is 48.5 Å². The van der Waals surface area contributed by atoms with Crippen LogP contribution < -0.4 is 21.1 Å². The summed E-state index contributed by atoms with van der Waals surface area (Å²) >= 11 is 0. The van der Waals surface area contributed by atoms with Gasteiger partial charge in [0.15, 0.2) is 0 Å². The van der Waals surface area contributed by atoms with E-state index >= 15 is 0 Å². The molecule has 0 fully saturated rings.